The van der Waals surface area contributed by atoms with E-state index in [1.807, 2.05) is 19.9 Å². The molecule has 6 heteroatoms. The molecule has 23 heavy (non-hydrogen) atoms. The predicted octanol–water partition coefficient (Wildman–Crippen LogP) is 2.80. The van der Waals surface area contributed by atoms with Crippen LogP contribution in [-0.4, -0.2) is 32.7 Å². The number of nitrogens with zero attached hydrogens (tertiary/aromatic N) is 1. The Morgan fingerprint density at radius 3 is 2.35 bits per heavy atom. The molecule has 0 aromatic heterocycles. The van der Waals surface area contributed by atoms with Crippen molar-refractivity contribution in [3.63, 3.8) is 0 Å². The Balaban J connectivity index is 2.94. The molecular weight excluding hydrogens is 312 g/mol. The van der Waals surface area contributed by atoms with Gasteiger partial charge in [0.2, 0.25) is 15.9 Å². The topological polar surface area (TPSA) is 66.5 Å². The van der Waals surface area contributed by atoms with E-state index in [9.17, 15) is 13.2 Å². The van der Waals surface area contributed by atoms with Gasteiger partial charge in [-0.05, 0) is 30.5 Å². The molecule has 0 radical (unpaired) electrons. The quantitative estimate of drug-likeness (QED) is 0.830. The zero-order valence-corrected chi connectivity index (χ0v) is 15.6. The molecule has 0 aliphatic heterocycles. The summed E-state index contributed by atoms with van der Waals surface area (Å²) in [6.45, 7) is 7.90. The fourth-order valence-corrected chi connectivity index (χ4v) is 3.15. The van der Waals surface area contributed by atoms with Crippen LogP contribution in [0.25, 0.3) is 0 Å². The van der Waals surface area contributed by atoms with E-state index >= 15 is 0 Å². The van der Waals surface area contributed by atoms with Crippen molar-refractivity contribution in [1.29, 1.82) is 0 Å². The van der Waals surface area contributed by atoms with Crippen LogP contribution < -0.4 is 5.32 Å². The van der Waals surface area contributed by atoms with Crippen LogP contribution in [0.1, 0.15) is 45.7 Å². The zero-order chi connectivity index (χ0) is 17.8. The predicted molar refractivity (Wildman–Crippen MR) is 92.5 cm³/mol. The van der Waals surface area contributed by atoms with Crippen molar-refractivity contribution < 1.29 is 13.2 Å². The molecule has 0 unspecified atom stereocenters. The van der Waals surface area contributed by atoms with Crippen LogP contribution in [0.3, 0.4) is 0 Å². The highest BCUT2D eigenvalue weighted by molar-refractivity contribution is 7.89. The summed E-state index contributed by atoms with van der Waals surface area (Å²) in [5, 5.41) is 2.97. The van der Waals surface area contributed by atoms with Crippen LogP contribution in [0.5, 0.6) is 0 Å². The van der Waals surface area contributed by atoms with Crippen LogP contribution in [0, 0.1) is 11.8 Å². The Kier molecular flexibility index (Phi) is 6.77. The highest BCUT2D eigenvalue weighted by Crippen LogP contribution is 2.21. The first-order valence-corrected chi connectivity index (χ1v) is 9.38. The molecule has 0 spiro atoms. The first-order valence-electron chi connectivity index (χ1n) is 7.94. The zero-order valence-electron chi connectivity index (χ0n) is 14.8. The minimum atomic E-state index is -3.47. The van der Waals surface area contributed by atoms with Crippen molar-refractivity contribution >= 4 is 15.9 Å². The Labute approximate surface area is 140 Å². The summed E-state index contributed by atoms with van der Waals surface area (Å²) < 4.78 is 25.6. The molecule has 0 saturated carbocycles. The number of carbonyl (C=O) groups excluding carboxylic acids is 1. The van der Waals surface area contributed by atoms with Crippen LogP contribution in [-0.2, 0) is 14.8 Å². The van der Waals surface area contributed by atoms with Gasteiger partial charge in [-0.3, -0.25) is 4.79 Å². The number of carbonyl (C=O) groups is 1. The number of nitrogens with one attached hydrogen (secondary N) is 1. The highest BCUT2D eigenvalue weighted by Gasteiger charge is 2.22. The van der Waals surface area contributed by atoms with Crippen LogP contribution in [0.2, 0.25) is 0 Å². The summed E-state index contributed by atoms with van der Waals surface area (Å²) in [4.78, 5) is 12.5. The van der Waals surface area contributed by atoms with Gasteiger partial charge in [-0.1, -0.05) is 39.3 Å². The largest absolute Gasteiger partial charge is 0.349 e. The molecule has 3 atom stereocenters. The lowest BCUT2D eigenvalue weighted by atomic mass is 9.92. The summed E-state index contributed by atoms with van der Waals surface area (Å²) in [7, 11) is -0.472. The molecule has 130 valence electrons. The molecule has 0 saturated heterocycles. The molecule has 1 aromatic carbocycles. The number of hydrogen-bond acceptors (Lipinski definition) is 3. The monoisotopic (exact) mass is 340 g/mol. The van der Waals surface area contributed by atoms with E-state index < -0.39 is 10.0 Å². The average Bonchev–Trinajstić information content (AvgIpc) is 2.53. The molecular formula is C17H28N2O3S. The molecule has 1 amide bonds. The molecule has 0 aliphatic carbocycles. The lowest BCUT2D eigenvalue weighted by molar-refractivity contribution is -0.126. The van der Waals surface area contributed by atoms with Crippen molar-refractivity contribution in [2.75, 3.05) is 14.1 Å². The van der Waals surface area contributed by atoms with Crippen molar-refractivity contribution in [1.82, 2.24) is 9.62 Å². The number of sulfonamides is 1. The third-order valence-electron chi connectivity index (χ3n) is 4.41. The Hall–Kier alpha value is -1.40. The van der Waals surface area contributed by atoms with E-state index in [0.29, 0.717) is 5.92 Å². The van der Waals surface area contributed by atoms with E-state index in [4.69, 9.17) is 0 Å². The van der Waals surface area contributed by atoms with E-state index in [0.717, 1.165) is 12.0 Å². The molecule has 0 bridgehead atoms. The normalized spacial score (nSPS) is 16.0. The third-order valence-corrected chi connectivity index (χ3v) is 6.22. The van der Waals surface area contributed by atoms with E-state index in [1.54, 1.807) is 18.2 Å². The summed E-state index contributed by atoms with van der Waals surface area (Å²) in [5.41, 5.74) is 0.776. The van der Waals surface area contributed by atoms with Gasteiger partial charge in [0.15, 0.2) is 0 Å². The molecule has 1 aromatic rings. The highest BCUT2D eigenvalue weighted by atomic mass is 32.2. The van der Waals surface area contributed by atoms with Crippen LogP contribution >= 0.6 is 0 Å². The first kappa shape index (κ1) is 19.6. The minimum absolute atomic E-state index is 0.00674. The maximum Gasteiger partial charge on any atom is 0.242 e. The van der Waals surface area contributed by atoms with Gasteiger partial charge in [0.05, 0.1) is 10.9 Å². The maximum atomic E-state index is 12.3. The van der Waals surface area contributed by atoms with Crippen molar-refractivity contribution in [2.45, 2.75) is 45.1 Å². The molecule has 1 N–H and O–H groups in total. The first-order chi connectivity index (χ1) is 10.6. The Bertz CT molecular complexity index is 641. The minimum Gasteiger partial charge on any atom is -0.349 e. The molecule has 1 rings (SSSR count). The average molecular weight is 340 g/mol. The summed E-state index contributed by atoms with van der Waals surface area (Å²) >= 11 is 0. The van der Waals surface area contributed by atoms with Gasteiger partial charge >= 0.3 is 0 Å². The van der Waals surface area contributed by atoms with Gasteiger partial charge in [-0.25, -0.2) is 12.7 Å². The van der Waals surface area contributed by atoms with Gasteiger partial charge in [-0.15, -0.1) is 0 Å². The van der Waals surface area contributed by atoms with E-state index in [-0.39, 0.29) is 22.8 Å². The summed E-state index contributed by atoms with van der Waals surface area (Å²) in [6.07, 6.45) is 0.944. The number of benzene rings is 1. The Morgan fingerprint density at radius 1 is 1.22 bits per heavy atom. The molecule has 0 fully saturated rings. The summed E-state index contributed by atoms with van der Waals surface area (Å²) in [5.74, 6) is 0.228. The smallest absolute Gasteiger partial charge is 0.242 e. The van der Waals surface area contributed by atoms with E-state index in [2.05, 4.69) is 19.2 Å². The van der Waals surface area contributed by atoms with Gasteiger partial charge in [0.1, 0.15) is 0 Å². The lowest BCUT2D eigenvalue weighted by Gasteiger charge is -2.22. The van der Waals surface area contributed by atoms with Gasteiger partial charge in [0, 0.05) is 20.0 Å². The second-order valence-corrected chi connectivity index (χ2v) is 8.42. The molecule has 5 nitrogen and oxygen atoms in total. The SMILES string of the molecule is CC[C@H](C)[C@H](C)C(=O)N[C@H](C)c1cccc(S(=O)(=O)N(C)C)c1. The second-order valence-electron chi connectivity index (χ2n) is 6.26. The van der Waals surface area contributed by atoms with Gasteiger partial charge in [0.25, 0.3) is 0 Å². The lowest BCUT2D eigenvalue weighted by Crippen LogP contribution is -2.34. The Morgan fingerprint density at radius 2 is 1.83 bits per heavy atom. The second kappa shape index (κ2) is 7.93. The molecule has 0 aliphatic rings. The number of rotatable bonds is 7. The fourth-order valence-electron chi connectivity index (χ4n) is 2.20. The third kappa shape index (κ3) is 4.78. The van der Waals surface area contributed by atoms with Crippen molar-refractivity contribution in [3.05, 3.63) is 29.8 Å². The van der Waals surface area contributed by atoms with Crippen molar-refractivity contribution in [2.24, 2.45) is 11.8 Å². The fraction of sp³-hybridized carbons (Fsp3) is 0.588. The van der Waals surface area contributed by atoms with Gasteiger partial charge < -0.3 is 5.32 Å². The summed E-state index contributed by atoms with van der Waals surface area (Å²) in [6, 6.07) is 6.47. The standard InChI is InChI=1S/C17H28N2O3S/c1-7-12(2)13(3)17(20)18-14(4)15-9-8-10-16(11-15)23(21,22)19(5)6/h8-14H,7H2,1-6H3,(H,18,20)/t12-,13-,14+/m0/s1. The van der Waals surface area contributed by atoms with Crippen molar-refractivity contribution in [3.8, 4) is 0 Å². The number of hydrogen-bond donors (Lipinski definition) is 1. The van der Waals surface area contributed by atoms with Crippen LogP contribution in [0.15, 0.2) is 29.2 Å². The number of amides is 1. The van der Waals surface area contributed by atoms with Crippen LogP contribution in [0.4, 0.5) is 0 Å². The molecule has 0 heterocycles. The van der Waals surface area contributed by atoms with E-state index in [1.165, 1.54) is 18.4 Å². The van der Waals surface area contributed by atoms with Gasteiger partial charge in [-0.2, -0.15) is 0 Å². The maximum absolute atomic E-state index is 12.3.